The average Bonchev–Trinajstić information content (AvgIpc) is 2.26. The molecule has 1 aromatic carbocycles. The fourth-order valence-corrected chi connectivity index (χ4v) is 1.24. The number of benzene rings is 1. The second-order valence-electron chi connectivity index (χ2n) is 3.22. The van der Waals surface area contributed by atoms with Crippen molar-refractivity contribution < 1.29 is 18.7 Å². The van der Waals surface area contributed by atoms with Gasteiger partial charge in [0, 0.05) is 13.0 Å². The highest BCUT2D eigenvalue weighted by atomic mass is 19.1. The van der Waals surface area contributed by atoms with Gasteiger partial charge in [0.2, 0.25) is 0 Å². The van der Waals surface area contributed by atoms with Crippen molar-refractivity contribution >= 4 is 11.7 Å². The van der Waals surface area contributed by atoms with Gasteiger partial charge in [-0.15, -0.1) is 11.8 Å². The maximum absolute atomic E-state index is 13.4. The van der Waals surface area contributed by atoms with Crippen LogP contribution in [0.25, 0.3) is 0 Å². The summed E-state index contributed by atoms with van der Waals surface area (Å²) in [6.07, 6.45) is 0.454. The number of carbonyl (C=O) groups is 1. The maximum Gasteiger partial charge on any atom is 0.335 e. The Morgan fingerprint density at radius 3 is 2.47 bits per heavy atom. The van der Waals surface area contributed by atoms with Gasteiger partial charge in [-0.1, -0.05) is 0 Å². The molecule has 3 nitrogen and oxygen atoms in total. The number of anilines is 1. The molecule has 1 aromatic rings. The molecule has 17 heavy (non-hydrogen) atoms. The van der Waals surface area contributed by atoms with E-state index in [2.05, 4.69) is 17.2 Å². The smallest absolute Gasteiger partial charge is 0.335 e. The van der Waals surface area contributed by atoms with Crippen LogP contribution in [0.3, 0.4) is 0 Å². The van der Waals surface area contributed by atoms with E-state index in [9.17, 15) is 13.6 Å². The van der Waals surface area contributed by atoms with Crippen molar-refractivity contribution in [1.29, 1.82) is 0 Å². The summed E-state index contributed by atoms with van der Waals surface area (Å²) in [6.45, 7) is 1.96. The molecular weight excluding hydrogens is 228 g/mol. The van der Waals surface area contributed by atoms with Crippen LogP contribution < -0.4 is 5.32 Å². The number of carboxylic acid groups (broad SMARTS) is 1. The Bertz CT molecular complexity index is 466. The van der Waals surface area contributed by atoms with Crippen LogP contribution in [-0.4, -0.2) is 17.6 Å². The Morgan fingerprint density at radius 2 is 2.00 bits per heavy atom. The molecular formula is C12H11F2NO2. The highest BCUT2D eigenvalue weighted by molar-refractivity contribution is 5.88. The molecule has 0 aliphatic heterocycles. The molecule has 0 saturated heterocycles. The van der Waals surface area contributed by atoms with Crippen molar-refractivity contribution in [2.24, 2.45) is 0 Å². The Morgan fingerprint density at radius 1 is 1.41 bits per heavy atom. The van der Waals surface area contributed by atoms with Gasteiger partial charge < -0.3 is 10.4 Å². The minimum atomic E-state index is -1.37. The average molecular weight is 239 g/mol. The van der Waals surface area contributed by atoms with Crippen LogP contribution in [0.15, 0.2) is 12.1 Å². The molecule has 0 radical (unpaired) electrons. The van der Waals surface area contributed by atoms with E-state index in [1.54, 1.807) is 6.92 Å². The first-order chi connectivity index (χ1) is 8.06. The number of aromatic carboxylic acids is 1. The van der Waals surface area contributed by atoms with Gasteiger partial charge in [0.25, 0.3) is 0 Å². The van der Waals surface area contributed by atoms with E-state index < -0.39 is 23.2 Å². The number of hydrogen-bond donors (Lipinski definition) is 2. The normalized spacial score (nSPS) is 9.35. The van der Waals surface area contributed by atoms with Crippen molar-refractivity contribution in [3.05, 3.63) is 29.3 Å². The molecule has 0 aromatic heterocycles. The highest BCUT2D eigenvalue weighted by Crippen LogP contribution is 2.20. The van der Waals surface area contributed by atoms with Crippen molar-refractivity contribution in [1.82, 2.24) is 0 Å². The fourth-order valence-electron chi connectivity index (χ4n) is 1.24. The van der Waals surface area contributed by atoms with E-state index in [4.69, 9.17) is 5.11 Å². The van der Waals surface area contributed by atoms with E-state index in [-0.39, 0.29) is 5.69 Å². The summed E-state index contributed by atoms with van der Waals surface area (Å²) < 4.78 is 26.8. The zero-order valence-electron chi connectivity index (χ0n) is 9.18. The quantitative estimate of drug-likeness (QED) is 0.627. The molecule has 90 valence electrons. The van der Waals surface area contributed by atoms with Crippen molar-refractivity contribution in [2.45, 2.75) is 13.3 Å². The van der Waals surface area contributed by atoms with Crippen molar-refractivity contribution in [2.75, 3.05) is 11.9 Å². The van der Waals surface area contributed by atoms with Gasteiger partial charge in [-0.2, -0.15) is 0 Å². The molecule has 0 unspecified atom stereocenters. The van der Waals surface area contributed by atoms with Gasteiger partial charge in [-0.05, 0) is 19.1 Å². The Labute approximate surface area is 97.5 Å². The van der Waals surface area contributed by atoms with Crippen LogP contribution >= 0.6 is 0 Å². The lowest BCUT2D eigenvalue weighted by Gasteiger charge is -2.08. The topological polar surface area (TPSA) is 49.3 Å². The lowest BCUT2D eigenvalue weighted by molar-refractivity contribution is 0.0696. The monoisotopic (exact) mass is 239 g/mol. The molecule has 5 heteroatoms. The summed E-state index contributed by atoms with van der Waals surface area (Å²) in [7, 11) is 0. The second kappa shape index (κ2) is 5.85. The number of rotatable bonds is 4. The molecule has 0 atom stereocenters. The summed E-state index contributed by atoms with van der Waals surface area (Å²) in [5.74, 6) is 2.17. The predicted octanol–water partition coefficient (Wildman–Crippen LogP) is 2.49. The van der Waals surface area contributed by atoms with E-state index >= 15 is 0 Å². The maximum atomic E-state index is 13.4. The van der Waals surface area contributed by atoms with Gasteiger partial charge in [-0.25, -0.2) is 13.6 Å². The Balaban J connectivity index is 2.85. The highest BCUT2D eigenvalue weighted by Gasteiger charge is 2.13. The summed E-state index contributed by atoms with van der Waals surface area (Å²) in [5.41, 5.74) is -0.744. The third-order valence-electron chi connectivity index (χ3n) is 2.02. The summed E-state index contributed by atoms with van der Waals surface area (Å²) in [5, 5.41) is 11.1. The third kappa shape index (κ3) is 3.45. The van der Waals surface area contributed by atoms with E-state index in [1.165, 1.54) is 0 Å². The molecule has 0 saturated carbocycles. The van der Waals surface area contributed by atoms with Crippen LogP contribution in [0.1, 0.15) is 23.7 Å². The predicted molar refractivity (Wildman–Crippen MR) is 59.9 cm³/mol. The zero-order chi connectivity index (χ0) is 12.8. The number of hydrogen-bond acceptors (Lipinski definition) is 2. The summed E-state index contributed by atoms with van der Waals surface area (Å²) >= 11 is 0. The molecule has 0 bridgehead atoms. The first kappa shape index (κ1) is 13.0. The zero-order valence-corrected chi connectivity index (χ0v) is 9.18. The molecule has 0 aliphatic rings. The minimum absolute atomic E-state index is 0.293. The second-order valence-corrected chi connectivity index (χ2v) is 3.22. The lowest BCUT2D eigenvalue weighted by Crippen LogP contribution is -2.07. The molecule has 0 amide bonds. The van der Waals surface area contributed by atoms with E-state index in [0.717, 1.165) is 12.1 Å². The summed E-state index contributed by atoms with van der Waals surface area (Å²) in [4.78, 5) is 10.5. The SMILES string of the molecule is CC#CCCNc1c(F)cc(C(=O)O)cc1F. The van der Waals surface area contributed by atoms with E-state index in [0.29, 0.717) is 13.0 Å². The van der Waals surface area contributed by atoms with Gasteiger partial charge >= 0.3 is 5.97 Å². The number of nitrogens with one attached hydrogen (secondary N) is 1. The number of halogens is 2. The van der Waals surface area contributed by atoms with Crippen LogP contribution in [0.4, 0.5) is 14.5 Å². The lowest BCUT2D eigenvalue weighted by atomic mass is 10.2. The van der Waals surface area contributed by atoms with E-state index in [1.807, 2.05) is 0 Å². The van der Waals surface area contributed by atoms with Gasteiger partial charge in [0.05, 0.1) is 5.56 Å². The Hall–Kier alpha value is -2.09. The first-order valence-electron chi connectivity index (χ1n) is 4.92. The van der Waals surface area contributed by atoms with Gasteiger partial charge in [0.15, 0.2) is 0 Å². The standard InChI is InChI=1S/C12H11F2NO2/c1-2-3-4-5-15-11-9(13)6-8(12(16)17)7-10(11)14/h6-7,15H,4-5H2,1H3,(H,16,17). The molecule has 0 fully saturated rings. The minimum Gasteiger partial charge on any atom is -0.478 e. The van der Waals surface area contributed by atoms with Gasteiger partial charge in [0.1, 0.15) is 17.3 Å². The molecule has 0 heterocycles. The number of carboxylic acids is 1. The Kier molecular flexibility index (Phi) is 4.46. The largest absolute Gasteiger partial charge is 0.478 e. The summed E-state index contributed by atoms with van der Waals surface area (Å²) in [6, 6.07) is 1.55. The molecule has 0 aliphatic carbocycles. The van der Waals surface area contributed by atoms with Gasteiger partial charge in [-0.3, -0.25) is 0 Å². The van der Waals surface area contributed by atoms with Crippen molar-refractivity contribution in [3.63, 3.8) is 0 Å². The van der Waals surface area contributed by atoms with Crippen LogP contribution in [0, 0.1) is 23.5 Å². The van der Waals surface area contributed by atoms with Crippen molar-refractivity contribution in [3.8, 4) is 11.8 Å². The fraction of sp³-hybridized carbons (Fsp3) is 0.250. The molecule has 1 rings (SSSR count). The van der Waals surface area contributed by atoms with Crippen LogP contribution in [-0.2, 0) is 0 Å². The first-order valence-corrected chi connectivity index (χ1v) is 4.92. The third-order valence-corrected chi connectivity index (χ3v) is 2.02. The molecule has 0 spiro atoms. The van der Waals surface area contributed by atoms with Crippen LogP contribution in [0.2, 0.25) is 0 Å². The van der Waals surface area contributed by atoms with Crippen LogP contribution in [0.5, 0.6) is 0 Å². The molecule has 2 N–H and O–H groups in total.